The zero-order chi connectivity index (χ0) is 19.3. The number of ether oxygens (including phenoxy) is 1. The van der Waals surface area contributed by atoms with E-state index in [1.807, 2.05) is 4.90 Å². The standard InChI is InChI=1S/C17H25FN4O3S2/c18-15-1-3-16(4-2-15)27(23,24)22-9-7-21(8-10-22)17(26)19-5-6-20-11-13-25-14-12-20/h1-4H,5-14H2,(H,19,26). The first-order chi connectivity index (χ1) is 13.0. The Morgan fingerprint density at radius 2 is 1.70 bits per heavy atom. The van der Waals surface area contributed by atoms with E-state index in [1.165, 1.54) is 16.4 Å². The third-order valence-corrected chi connectivity index (χ3v) is 7.10. The van der Waals surface area contributed by atoms with Crippen molar-refractivity contribution in [3.63, 3.8) is 0 Å². The van der Waals surface area contributed by atoms with E-state index in [4.69, 9.17) is 17.0 Å². The molecule has 2 aliphatic rings. The third kappa shape index (κ3) is 5.35. The van der Waals surface area contributed by atoms with Gasteiger partial charge in [-0.25, -0.2) is 12.8 Å². The second-order valence-electron chi connectivity index (χ2n) is 6.53. The number of morpholine rings is 1. The van der Waals surface area contributed by atoms with Crippen molar-refractivity contribution in [2.45, 2.75) is 4.90 Å². The Morgan fingerprint density at radius 3 is 2.33 bits per heavy atom. The number of hydrogen-bond donors (Lipinski definition) is 1. The normalized spacial score (nSPS) is 19.8. The molecule has 3 rings (SSSR count). The van der Waals surface area contributed by atoms with Gasteiger partial charge in [0, 0.05) is 52.4 Å². The maximum absolute atomic E-state index is 13.0. The Morgan fingerprint density at radius 1 is 1.07 bits per heavy atom. The number of hydrogen-bond acceptors (Lipinski definition) is 5. The van der Waals surface area contributed by atoms with Gasteiger partial charge in [0.2, 0.25) is 10.0 Å². The molecule has 2 fully saturated rings. The van der Waals surface area contributed by atoms with Crippen LogP contribution >= 0.6 is 12.2 Å². The van der Waals surface area contributed by atoms with E-state index < -0.39 is 15.8 Å². The van der Waals surface area contributed by atoms with Crippen LogP contribution in [-0.2, 0) is 14.8 Å². The molecule has 7 nitrogen and oxygen atoms in total. The molecule has 0 spiro atoms. The third-order valence-electron chi connectivity index (χ3n) is 4.79. The van der Waals surface area contributed by atoms with Crippen LogP contribution < -0.4 is 5.32 Å². The van der Waals surface area contributed by atoms with Crippen LogP contribution in [0.4, 0.5) is 4.39 Å². The Kier molecular flexibility index (Phi) is 6.99. The molecule has 1 aromatic rings. The first-order valence-corrected chi connectivity index (χ1v) is 10.9. The van der Waals surface area contributed by atoms with E-state index in [0.717, 1.165) is 51.5 Å². The number of rotatable bonds is 5. The van der Waals surface area contributed by atoms with Crippen molar-refractivity contribution >= 4 is 27.4 Å². The summed E-state index contributed by atoms with van der Waals surface area (Å²) in [5, 5.41) is 3.91. The predicted octanol–water partition coefficient (Wildman–Crippen LogP) is 0.339. The van der Waals surface area contributed by atoms with Crippen molar-refractivity contribution in [3.05, 3.63) is 30.1 Å². The maximum Gasteiger partial charge on any atom is 0.243 e. The quantitative estimate of drug-likeness (QED) is 0.695. The Balaban J connectivity index is 1.45. The molecular formula is C17H25FN4O3S2. The van der Waals surface area contributed by atoms with Gasteiger partial charge in [0.15, 0.2) is 5.11 Å². The zero-order valence-corrected chi connectivity index (χ0v) is 16.8. The van der Waals surface area contributed by atoms with Crippen LogP contribution in [-0.4, -0.2) is 93.2 Å². The average Bonchev–Trinajstić information content (AvgIpc) is 2.69. The summed E-state index contributed by atoms with van der Waals surface area (Å²) in [6.45, 7) is 6.85. The van der Waals surface area contributed by atoms with Crippen molar-refractivity contribution in [3.8, 4) is 0 Å². The molecule has 2 heterocycles. The molecule has 2 aliphatic heterocycles. The fourth-order valence-corrected chi connectivity index (χ4v) is 4.85. The summed E-state index contributed by atoms with van der Waals surface area (Å²) in [6, 6.07) is 4.93. The molecule has 27 heavy (non-hydrogen) atoms. The van der Waals surface area contributed by atoms with Crippen molar-refractivity contribution in [2.75, 3.05) is 65.6 Å². The van der Waals surface area contributed by atoms with Crippen LogP contribution in [0.5, 0.6) is 0 Å². The van der Waals surface area contributed by atoms with Gasteiger partial charge in [-0.1, -0.05) is 0 Å². The van der Waals surface area contributed by atoms with Crippen LogP contribution in [0.1, 0.15) is 0 Å². The number of piperazine rings is 1. The minimum Gasteiger partial charge on any atom is -0.379 e. The summed E-state index contributed by atoms with van der Waals surface area (Å²) < 4.78 is 45.1. The van der Waals surface area contributed by atoms with Crippen LogP contribution in [0.25, 0.3) is 0 Å². The molecule has 1 N–H and O–H groups in total. The molecule has 0 amide bonds. The number of nitrogens with one attached hydrogen (secondary N) is 1. The van der Waals surface area contributed by atoms with Crippen LogP contribution in [0, 0.1) is 5.82 Å². The fraction of sp³-hybridized carbons (Fsp3) is 0.588. The number of nitrogens with zero attached hydrogens (tertiary/aromatic N) is 3. The van der Waals surface area contributed by atoms with Crippen LogP contribution in [0.3, 0.4) is 0 Å². The van der Waals surface area contributed by atoms with Crippen molar-refractivity contribution < 1.29 is 17.5 Å². The molecule has 0 radical (unpaired) electrons. The molecule has 150 valence electrons. The molecule has 0 atom stereocenters. The van der Waals surface area contributed by atoms with E-state index in [1.54, 1.807) is 0 Å². The SMILES string of the molecule is O=S(=O)(c1ccc(F)cc1)N1CCN(C(=S)NCCN2CCOCC2)CC1. The highest BCUT2D eigenvalue weighted by Gasteiger charge is 2.29. The van der Waals surface area contributed by atoms with Crippen LogP contribution in [0.2, 0.25) is 0 Å². The lowest BCUT2D eigenvalue weighted by Crippen LogP contribution is -2.53. The van der Waals surface area contributed by atoms with Crippen molar-refractivity contribution in [2.24, 2.45) is 0 Å². The monoisotopic (exact) mass is 416 g/mol. The lowest BCUT2D eigenvalue weighted by molar-refractivity contribution is 0.0388. The minimum atomic E-state index is -3.60. The van der Waals surface area contributed by atoms with Crippen LogP contribution in [0.15, 0.2) is 29.2 Å². The van der Waals surface area contributed by atoms with Gasteiger partial charge in [0.05, 0.1) is 18.1 Å². The van der Waals surface area contributed by atoms with Gasteiger partial charge in [-0.15, -0.1) is 0 Å². The molecule has 0 unspecified atom stereocenters. The molecule has 0 bridgehead atoms. The average molecular weight is 417 g/mol. The van der Waals surface area contributed by atoms with E-state index in [0.29, 0.717) is 31.3 Å². The molecule has 0 aliphatic carbocycles. The van der Waals surface area contributed by atoms with E-state index in [-0.39, 0.29) is 4.90 Å². The summed E-state index contributed by atoms with van der Waals surface area (Å²) in [4.78, 5) is 4.43. The van der Waals surface area contributed by atoms with Gasteiger partial charge >= 0.3 is 0 Å². The van der Waals surface area contributed by atoms with Gasteiger partial charge in [-0.2, -0.15) is 4.31 Å². The van der Waals surface area contributed by atoms with Crippen molar-refractivity contribution in [1.29, 1.82) is 0 Å². The van der Waals surface area contributed by atoms with E-state index >= 15 is 0 Å². The van der Waals surface area contributed by atoms with Gasteiger partial charge in [-0.3, -0.25) is 4.90 Å². The Bertz CT molecular complexity index is 731. The van der Waals surface area contributed by atoms with Gasteiger partial charge in [0.25, 0.3) is 0 Å². The van der Waals surface area contributed by atoms with Gasteiger partial charge in [-0.05, 0) is 36.5 Å². The molecule has 10 heteroatoms. The predicted molar refractivity (Wildman–Crippen MR) is 105 cm³/mol. The molecule has 2 saturated heterocycles. The Labute approximate surface area is 165 Å². The smallest absolute Gasteiger partial charge is 0.243 e. The first kappa shape index (κ1) is 20.4. The zero-order valence-electron chi connectivity index (χ0n) is 15.1. The summed E-state index contributed by atoms with van der Waals surface area (Å²) >= 11 is 5.44. The maximum atomic E-state index is 13.0. The minimum absolute atomic E-state index is 0.114. The lowest BCUT2D eigenvalue weighted by atomic mass is 10.3. The van der Waals surface area contributed by atoms with Crippen molar-refractivity contribution in [1.82, 2.24) is 19.4 Å². The summed E-state index contributed by atoms with van der Waals surface area (Å²) in [6.07, 6.45) is 0. The summed E-state index contributed by atoms with van der Waals surface area (Å²) in [7, 11) is -3.60. The molecule has 0 aromatic heterocycles. The topological polar surface area (TPSA) is 65.1 Å². The molecule has 0 saturated carbocycles. The van der Waals surface area contributed by atoms with E-state index in [9.17, 15) is 12.8 Å². The summed E-state index contributed by atoms with van der Waals surface area (Å²) in [5.74, 6) is -0.452. The van der Waals surface area contributed by atoms with E-state index in [2.05, 4.69) is 10.2 Å². The molecular weight excluding hydrogens is 391 g/mol. The Hall–Kier alpha value is -1.33. The first-order valence-electron chi connectivity index (χ1n) is 9.05. The second-order valence-corrected chi connectivity index (χ2v) is 8.86. The second kappa shape index (κ2) is 9.24. The fourth-order valence-electron chi connectivity index (χ4n) is 3.14. The number of thiocarbonyl (C=S) groups is 1. The lowest BCUT2D eigenvalue weighted by Gasteiger charge is -2.35. The highest BCUT2D eigenvalue weighted by atomic mass is 32.2. The highest BCUT2D eigenvalue weighted by molar-refractivity contribution is 7.89. The number of benzene rings is 1. The van der Waals surface area contributed by atoms with Gasteiger partial charge < -0.3 is 15.0 Å². The number of halogens is 1. The largest absolute Gasteiger partial charge is 0.379 e. The highest BCUT2D eigenvalue weighted by Crippen LogP contribution is 2.18. The molecule has 1 aromatic carbocycles. The number of sulfonamides is 1. The summed E-state index contributed by atoms with van der Waals surface area (Å²) in [5.41, 5.74) is 0. The van der Waals surface area contributed by atoms with Gasteiger partial charge in [0.1, 0.15) is 5.82 Å².